The van der Waals surface area contributed by atoms with Crippen molar-refractivity contribution in [3.63, 3.8) is 0 Å². The van der Waals surface area contributed by atoms with Crippen LogP contribution >= 0.6 is 11.6 Å². The van der Waals surface area contributed by atoms with Gasteiger partial charge in [0.1, 0.15) is 5.82 Å². The number of anilines is 2. The van der Waals surface area contributed by atoms with Gasteiger partial charge in [-0.2, -0.15) is 0 Å². The zero-order valence-electron chi connectivity index (χ0n) is 11.4. The zero-order chi connectivity index (χ0) is 15.8. The van der Waals surface area contributed by atoms with Crippen molar-refractivity contribution in [3.05, 3.63) is 52.3 Å². The number of nitrogen functional groups attached to an aromatic ring is 1. The molecule has 21 heavy (non-hydrogen) atoms. The van der Waals surface area contributed by atoms with E-state index >= 15 is 0 Å². The molecule has 0 saturated heterocycles. The number of nitrogens with two attached hydrogens (primary N) is 1. The fraction of sp³-hybridized carbons (Fsp3) is 0.143. The van der Waals surface area contributed by atoms with Crippen LogP contribution in [0.3, 0.4) is 0 Å². The molecule has 0 atom stereocenters. The number of hydrogen-bond acceptors (Lipinski definition) is 3. The Morgan fingerprint density at radius 3 is 2.48 bits per heavy atom. The molecule has 0 heterocycles. The highest BCUT2D eigenvalue weighted by molar-refractivity contribution is 7.92. The summed E-state index contributed by atoms with van der Waals surface area (Å²) < 4.78 is 40.4. The number of rotatable bonds is 3. The minimum Gasteiger partial charge on any atom is -0.398 e. The van der Waals surface area contributed by atoms with E-state index in [1.165, 1.54) is 24.3 Å². The van der Waals surface area contributed by atoms with Gasteiger partial charge in [-0.25, -0.2) is 12.8 Å². The molecule has 0 aromatic heterocycles. The van der Waals surface area contributed by atoms with Gasteiger partial charge in [-0.3, -0.25) is 4.72 Å². The van der Waals surface area contributed by atoms with E-state index < -0.39 is 15.8 Å². The van der Waals surface area contributed by atoms with E-state index in [9.17, 15) is 12.8 Å². The fourth-order valence-corrected chi connectivity index (χ4v) is 3.16. The number of aryl methyl sites for hydroxylation is 1. The van der Waals surface area contributed by atoms with Crippen LogP contribution < -0.4 is 10.5 Å². The molecule has 0 radical (unpaired) electrons. The van der Waals surface area contributed by atoms with Gasteiger partial charge in [-0.05, 0) is 49.2 Å². The largest absolute Gasteiger partial charge is 0.398 e. The second kappa shape index (κ2) is 5.54. The zero-order valence-corrected chi connectivity index (χ0v) is 13.0. The third kappa shape index (κ3) is 3.28. The van der Waals surface area contributed by atoms with Gasteiger partial charge >= 0.3 is 0 Å². The molecule has 2 aromatic carbocycles. The standard InChI is InChI=1S/C14H14ClFN2O2S/c1-8-3-4-12(16)14(5-8)18-21(19,20)10-6-11(15)9(2)13(17)7-10/h3-7,18H,17H2,1-2H3. The smallest absolute Gasteiger partial charge is 0.262 e. The van der Waals surface area contributed by atoms with Crippen LogP contribution in [0.4, 0.5) is 15.8 Å². The molecule has 0 aliphatic rings. The number of hydrogen-bond donors (Lipinski definition) is 2. The Kier molecular flexibility index (Phi) is 4.11. The Hall–Kier alpha value is -1.79. The second-order valence-electron chi connectivity index (χ2n) is 4.71. The highest BCUT2D eigenvalue weighted by atomic mass is 35.5. The maximum atomic E-state index is 13.7. The Labute approximate surface area is 127 Å². The number of sulfonamides is 1. The van der Waals surface area contributed by atoms with E-state index in [1.54, 1.807) is 19.9 Å². The van der Waals surface area contributed by atoms with E-state index in [0.29, 0.717) is 5.56 Å². The van der Waals surface area contributed by atoms with Crippen LogP contribution in [0.15, 0.2) is 35.2 Å². The first-order valence-corrected chi connectivity index (χ1v) is 7.91. The SMILES string of the molecule is Cc1ccc(F)c(NS(=O)(=O)c2cc(N)c(C)c(Cl)c2)c1. The molecule has 2 aromatic rings. The van der Waals surface area contributed by atoms with Crippen molar-refractivity contribution in [1.29, 1.82) is 0 Å². The molecule has 0 amide bonds. The van der Waals surface area contributed by atoms with Crippen LogP contribution in [0.1, 0.15) is 11.1 Å². The molecule has 0 spiro atoms. The van der Waals surface area contributed by atoms with Gasteiger partial charge in [0, 0.05) is 10.7 Å². The maximum absolute atomic E-state index is 13.7. The summed E-state index contributed by atoms with van der Waals surface area (Å²) in [4.78, 5) is -0.114. The van der Waals surface area contributed by atoms with Crippen molar-refractivity contribution in [2.24, 2.45) is 0 Å². The van der Waals surface area contributed by atoms with Crippen molar-refractivity contribution in [3.8, 4) is 0 Å². The van der Waals surface area contributed by atoms with Crippen molar-refractivity contribution in [2.75, 3.05) is 10.5 Å². The highest BCUT2D eigenvalue weighted by Crippen LogP contribution is 2.27. The Morgan fingerprint density at radius 2 is 1.86 bits per heavy atom. The predicted octanol–water partition coefficient (Wildman–Crippen LogP) is 3.48. The normalized spacial score (nSPS) is 11.4. The minimum atomic E-state index is -3.97. The lowest BCUT2D eigenvalue weighted by atomic mass is 10.2. The van der Waals surface area contributed by atoms with Crippen molar-refractivity contribution in [2.45, 2.75) is 18.7 Å². The molecule has 3 N–H and O–H groups in total. The van der Waals surface area contributed by atoms with Crippen LogP contribution in [0.5, 0.6) is 0 Å². The van der Waals surface area contributed by atoms with Gasteiger partial charge in [0.05, 0.1) is 10.6 Å². The van der Waals surface area contributed by atoms with E-state index in [0.717, 1.165) is 5.56 Å². The maximum Gasteiger partial charge on any atom is 0.262 e. The van der Waals surface area contributed by atoms with Crippen LogP contribution in [-0.2, 0) is 10.0 Å². The summed E-state index contributed by atoms with van der Waals surface area (Å²) in [7, 11) is -3.97. The number of benzene rings is 2. The number of nitrogens with one attached hydrogen (secondary N) is 1. The van der Waals surface area contributed by atoms with Gasteiger partial charge in [0.2, 0.25) is 0 Å². The lowest BCUT2D eigenvalue weighted by Gasteiger charge is -2.12. The fourth-order valence-electron chi connectivity index (χ4n) is 1.75. The van der Waals surface area contributed by atoms with E-state index in [4.69, 9.17) is 17.3 Å². The average Bonchev–Trinajstić information content (AvgIpc) is 2.39. The Morgan fingerprint density at radius 1 is 1.19 bits per heavy atom. The molecule has 0 saturated carbocycles. The first-order chi connectivity index (χ1) is 9.70. The van der Waals surface area contributed by atoms with Crippen LogP contribution in [-0.4, -0.2) is 8.42 Å². The highest BCUT2D eigenvalue weighted by Gasteiger charge is 2.18. The van der Waals surface area contributed by atoms with Gasteiger partial charge < -0.3 is 5.73 Å². The van der Waals surface area contributed by atoms with Crippen molar-refractivity contribution in [1.82, 2.24) is 0 Å². The molecule has 7 heteroatoms. The van der Waals surface area contributed by atoms with Crippen molar-refractivity contribution < 1.29 is 12.8 Å². The van der Waals surface area contributed by atoms with Crippen LogP contribution in [0.25, 0.3) is 0 Å². The Balaban J connectivity index is 2.46. The summed E-state index contributed by atoms with van der Waals surface area (Å²) in [5.41, 5.74) is 7.18. The van der Waals surface area contributed by atoms with Gasteiger partial charge in [0.25, 0.3) is 10.0 Å². The van der Waals surface area contributed by atoms with Crippen molar-refractivity contribution >= 4 is 33.0 Å². The van der Waals surface area contributed by atoms with Gasteiger partial charge in [-0.1, -0.05) is 17.7 Å². The first kappa shape index (κ1) is 15.6. The molecule has 0 bridgehead atoms. The van der Waals surface area contributed by atoms with Crippen LogP contribution in [0.2, 0.25) is 5.02 Å². The van der Waals surface area contributed by atoms with E-state index in [2.05, 4.69) is 4.72 Å². The summed E-state index contributed by atoms with van der Waals surface area (Å²) in [6, 6.07) is 6.73. The summed E-state index contributed by atoms with van der Waals surface area (Å²) in [6.45, 7) is 3.42. The average molecular weight is 329 g/mol. The van der Waals surface area contributed by atoms with Gasteiger partial charge in [-0.15, -0.1) is 0 Å². The molecule has 0 aliphatic carbocycles. The summed E-state index contributed by atoms with van der Waals surface area (Å²) in [5, 5.41) is 0.236. The quantitative estimate of drug-likeness (QED) is 0.847. The molecular weight excluding hydrogens is 315 g/mol. The minimum absolute atomic E-state index is 0.114. The molecule has 0 aliphatic heterocycles. The van der Waals surface area contributed by atoms with Crippen LogP contribution in [0, 0.1) is 19.7 Å². The molecule has 112 valence electrons. The lowest BCUT2D eigenvalue weighted by molar-refractivity contribution is 0.598. The molecule has 0 unspecified atom stereocenters. The number of halogens is 2. The predicted molar refractivity (Wildman–Crippen MR) is 82.5 cm³/mol. The summed E-state index contributed by atoms with van der Waals surface area (Å²) in [6.07, 6.45) is 0. The third-order valence-electron chi connectivity index (χ3n) is 3.03. The lowest BCUT2D eigenvalue weighted by Crippen LogP contribution is -2.14. The monoisotopic (exact) mass is 328 g/mol. The molecule has 2 rings (SSSR count). The summed E-state index contributed by atoms with van der Waals surface area (Å²) >= 11 is 5.94. The topological polar surface area (TPSA) is 72.2 Å². The van der Waals surface area contributed by atoms with E-state index in [1.807, 2.05) is 0 Å². The second-order valence-corrected chi connectivity index (χ2v) is 6.80. The molecule has 4 nitrogen and oxygen atoms in total. The molecular formula is C14H14ClFN2O2S. The van der Waals surface area contributed by atoms with E-state index in [-0.39, 0.29) is 21.3 Å². The summed E-state index contributed by atoms with van der Waals surface area (Å²) in [5.74, 6) is -0.657. The third-order valence-corrected chi connectivity index (χ3v) is 4.77. The Bertz CT molecular complexity index is 784. The molecule has 0 fully saturated rings. The first-order valence-electron chi connectivity index (χ1n) is 6.05. The van der Waals surface area contributed by atoms with Gasteiger partial charge in [0.15, 0.2) is 0 Å².